The fraction of sp³-hybridized carbons (Fsp3) is 0.458. The molecule has 1 aromatic carbocycles. The Bertz CT molecular complexity index is 1120. The van der Waals surface area contributed by atoms with E-state index in [1.807, 2.05) is 0 Å². The smallest absolute Gasteiger partial charge is 0.336 e. The Balaban J connectivity index is 2.05. The van der Waals surface area contributed by atoms with Crippen LogP contribution in [0, 0.1) is 10.1 Å². The van der Waals surface area contributed by atoms with Gasteiger partial charge in [0.1, 0.15) is 11.1 Å². The minimum atomic E-state index is -1.15. The number of esters is 2. The SMILES string of the molecule is COC(=O)C1=C(C)NC(C)=C(C(=O)NC2(C(=O)OC(C)(C)C)CC2)C1c1cccc([N+](=O)[O-])c1. The van der Waals surface area contributed by atoms with E-state index in [1.54, 1.807) is 40.7 Å². The first kappa shape index (κ1) is 24.9. The topological polar surface area (TPSA) is 137 Å². The lowest BCUT2D eigenvalue weighted by Gasteiger charge is -2.32. The quantitative estimate of drug-likeness (QED) is 0.367. The number of allylic oxidation sites excluding steroid dienone is 2. The number of amides is 1. The number of methoxy groups -OCH3 is 1. The van der Waals surface area contributed by atoms with Crippen molar-refractivity contribution in [3.05, 3.63) is 62.5 Å². The van der Waals surface area contributed by atoms with Gasteiger partial charge in [0.15, 0.2) is 0 Å². The Labute approximate surface area is 197 Å². The van der Waals surface area contributed by atoms with Crippen molar-refractivity contribution in [1.29, 1.82) is 0 Å². The van der Waals surface area contributed by atoms with Crippen LogP contribution in [0.2, 0.25) is 0 Å². The summed E-state index contributed by atoms with van der Waals surface area (Å²) in [7, 11) is 1.22. The molecule has 2 aliphatic rings. The molecule has 0 saturated heterocycles. The first-order valence-electron chi connectivity index (χ1n) is 10.9. The van der Waals surface area contributed by atoms with Gasteiger partial charge >= 0.3 is 11.9 Å². The minimum Gasteiger partial charge on any atom is -0.466 e. The Morgan fingerprint density at radius 1 is 1.15 bits per heavy atom. The Hall–Kier alpha value is -3.69. The van der Waals surface area contributed by atoms with Crippen LogP contribution in [-0.2, 0) is 23.9 Å². The molecule has 2 N–H and O–H groups in total. The number of ether oxygens (including phenoxy) is 2. The Morgan fingerprint density at radius 3 is 2.29 bits per heavy atom. The number of benzene rings is 1. The molecule has 0 radical (unpaired) electrons. The number of rotatable bonds is 6. The molecule has 1 unspecified atom stereocenters. The van der Waals surface area contributed by atoms with Gasteiger partial charge in [-0.15, -0.1) is 0 Å². The highest BCUT2D eigenvalue weighted by Crippen LogP contribution is 2.42. The molecule has 10 heteroatoms. The van der Waals surface area contributed by atoms with Crippen LogP contribution in [0.4, 0.5) is 5.69 Å². The van der Waals surface area contributed by atoms with Gasteiger partial charge in [0.25, 0.3) is 11.6 Å². The van der Waals surface area contributed by atoms with E-state index >= 15 is 0 Å². The molecule has 10 nitrogen and oxygen atoms in total. The molecule has 1 atom stereocenters. The van der Waals surface area contributed by atoms with Gasteiger partial charge in [-0.1, -0.05) is 12.1 Å². The monoisotopic (exact) mass is 471 g/mol. The molecule has 182 valence electrons. The highest BCUT2D eigenvalue weighted by Gasteiger charge is 2.54. The van der Waals surface area contributed by atoms with Gasteiger partial charge in [0, 0.05) is 29.1 Å². The molecule has 1 aliphatic carbocycles. The molecular formula is C24H29N3O7. The third kappa shape index (κ3) is 4.95. The maximum absolute atomic E-state index is 13.6. The zero-order valence-electron chi connectivity index (χ0n) is 20.1. The van der Waals surface area contributed by atoms with Crippen molar-refractivity contribution in [3.63, 3.8) is 0 Å². The summed E-state index contributed by atoms with van der Waals surface area (Å²) in [6, 6.07) is 5.76. The lowest BCUT2D eigenvalue weighted by molar-refractivity contribution is -0.384. The Kier molecular flexibility index (Phi) is 6.55. The summed E-state index contributed by atoms with van der Waals surface area (Å²) in [4.78, 5) is 49.9. The lowest BCUT2D eigenvalue weighted by atomic mass is 9.79. The van der Waals surface area contributed by atoms with Crippen LogP contribution in [-0.4, -0.2) is 41.0 Å². The fourth-order valence-electron chi connectivity index (χ4n) is 3.99. The number of nitro benzene ring substituents is 1. The van der Waals surface area contributed by atoms with Gasteiger partial charge in [-0.3, -0.25) is 14.9 Å². The summed E-state index contributed by atoms with van der Waals surface area (Å²) in [5.41, 5.74) is -0.425. The predicted octanol–water partition coefficient (Wildman–Crippen LogP) is 2.99. The van der Waals surface area contributed by atoms with Gasteiger partial charge < -0.3 is 20.1 Å². The van der Waals surface area contributed by atoms with Crippen molar-refractivity contribution in [2.24, 2.45) is 0 Å². The van der Waals surface area contributed by atoms with E-state index in [2.05, 4.69) is 10.6 Å². The molecule has 0 aromatic heterocycles. The van der Waals surface area contributed by atoms with Crippen LogP contribution in [0.1, 0.15) is 58.9 Å². The number of nitro groups is 1. The van der Waals surface area contributed by atoms with E-state index in [1.165, 1.54) is 25.3 Å². The summed E-state index contributed by atoms with van der Waals surface area (Å²) < 4.78 is 10.4. The van der Waals surface area contributed by atoms with Crippen LogP contribution < -0.4 is 10.6 Å². The first-order valence-corrected chi connectivity index (χ1v) is 10.9. The molecule has 1 heterocycles. The summed E-state index contributed by atoms with van der Waals surface area (Å²) in [5, 5.41) is 17.2. The second-order valence-electron chi connectivity index (χ2n) is 9.52. The zero-order valence-corrected chi connectivity index (χ0v) is 20.1. The molecule has 0 bridgehead atoms. The van der Waals surface area contributed by atoms with E-state index in [-0.39, 0.29) is 16.8 Å². The summed E-state index contributed by atoms with van der Waals surface area (Å²) >= 11 is 0. The second kappa shape index (κ2) is 8.92. The number of nitrogens with zero attached hydrogens (tertiary/aromatic N) is 1. The standard InChI is InChI=1S/C24H29N3O7/c1-13-17(20(28)26-24(10-11-24)22(30)34-23(3,4)5)19(18(14(2)25-13)21(29)33-6)15-8-7-9-16(12-15)27(31)32/h7-9,12,19,25H,10-11H2,1-6H3,(H,26,28). The minimum absolute atomic E-state index is 0.154. The van der Waals surface area contributed by atoms with Gasteiger partial charge in [-0.05, 0) is 53.0 Å². The number of nitrogens with one attached hydrogen (secondary N) is 2. The third-order valence-corrected chi connectivity index (χ3v) is 5.72. The average molecular weight is 472 g/mol. The number of carbonyl (C=O) groups is 3. The summed E-state index contributed by atoms with van der Waals surface area (Å²) in [5.74, 6) is -2.71. The Morgan fingerprint density at radius 2 is 1.76 bits per heavy atom. The number of hydrogen-bond acceptors (Lipinski definition) is 8. The van der Waals surface area contributed by atoms with Crippen molar-refractivity contribution >= 4 is 23.5 Å². The van der Waals surface area contributed by atoms with E-state index < -0.39 is 39.8 Å². The van der Waals surface area contributed by atoms with Crippen LogP contribution in [0.15, 0.2) is 46.8 Å². The molecule has 1 saturated carbocycles. The second-order valence-corrected chi connectivity index (χ2v) is 9.52. The number of non-ortho nitro benzene ring substituents is 1. The molecule has 1 amide bonds. The fourth-order valence-corrected chi connectivity index (χ4v) is 3.99. The van der Waals surface area contributed by atoms with Crippen molar-refractivity contribution in [2.75, 3.05) is 7.11 Å². The number of dihydropyridines is 1. The lowest BCUT2D eigenvalue weighted by Crippen LogP contribution is -2.48. The van der Waals surface area contributed by atoms with E-state index in [9.17, 15) is 24.5 Å². The van der Waals surface area contributed by atoms with Crippen LogP contribution in [0.3, 0.4) is 0 Å². The largest absolute Gasteiger partial charge is 0.466 e. The predicted molar refractivity (Wildman–Crippen MR) is 122 cm³/mol. The average Bonchev–Trinajstić information content (AvgIpc) is 3.52. The number of hydrogen-bond donors (Lipinski definition) is 2. The molecule has 34 heavy (non-hydrogen) atoms. The maximum atomic E-state index is 13.6. The van der Waals surface area contributed by atoms with Gasteiger partial charge in [0.05, 0.1) is 23.5 Å². The van der Waals surface area contributed by atoms with E-state index in [0.29, 0.717) is 29.8 Å². The van der Waals surface area contributed by atoms with E-state index in [0.717, 1.165) is 0 Å². The molecule has 1 fully saturated rings. The van der Waals surface area contributed by atoms with Crippen molar-refractivity contribution in [3.8, 4) is 0 Å². The van der Waals surface area contributed by atoms with Gasteiger partial charge in [-0.2, -0.15) is 0 Å². The molecule has 3 rings (SSSR count). The molecule has 1 aliphatic heterocycles. The number of carbonyl (C=O) groups excluding carboxylic acids is 3. The first-order chi connectivity index (χ1) is 15.8. The highest BCUT2D eigenvalue weighted by molar-refractivity contribution is 6.04. The van der Waals surface area contributed by atoms with Crippen LogP contribution in [0.25, 0.3) is 0 Å². The van der Waals surface area contributed by atoms with Crippen LogP contribution in [0.5, 0.6) is 0 Å². The summed E-state index contributed by atoms with van der Waals surface area (Å²) in [6.45, 7) is 8.57. The highest BCUT2D eigenvalue weighted by atomic mass is 16.6. The normalized spacial score (nSPS) is 19.2. The maximum Gasteiger partial charge on any atom is 0.336 e. The third-order valence-electron chi connectivity index (χ3n) is 5.72. The molecule has 1 aromatic rings. The van der Waals surface area contributed by atoms with Crippen molar-refractivity contribution in [1.82, 2.24) is 10.6 Å². The zero-order chi connectivity index (χ0) is 25.4. The summed E-state index contributed by atoms with van der Waals surface area (Å²) in [6.07, 6.45) is 0.848. The van der Waals surface area contributed by atoms with Gasteiger partial charge in [0.2, 0.25) is 0 Å². The van der Waals surface area contributed by atoms with E-state index in [4.69, 9.17) is 9.47 Å². The van der Waals surface area contributed by atoms with Gasteiger partial charge in [-0.25, -0.2) is 9.59 Å². The van der Waals surface area contributed by atoms with Crippen molar-refractivity contribution < 1.29 is 28.8 Å². The van der Waals surface area contributed by atoms with Crippen molar-refractivity contribution in [2.45, 2.75) is 64.5 Å². The van der Waals surface area contributed by atoms with Crippen LogP contribution >= 0.6 is 0 Å². The molecule has 0 spiro atoms. The molecular weight excluding hydrogens is 442 g/mol.